The molecule has 140 valence electrons. The van der Waals surface area contributed by atoms with E-state index in [2.05, 4.69) is 10.3 Å². The molecule has 0 atom stereocenters. The number of ether oxygens (including phenoxy) is 2. The molecule has 2 aromatic carbocycles. The number of carbonyl (C=O) groups excluding carboxylic acids is 1. The fraction of sp³-hybridized carbons (Fsp3) is 0.200. The van der Waals surface area contributed by atoms with E-state index in [1.54, 1.807) is 18.2 Å². The van der Waals surface area contributed by atoms with Crippen molar-refractivity contribution in [3.05, 3.63) is 58.0 Å². The Morgan fingerprint density at radius 1 is 1.11 bits per heavy atom. The number of nitrogens with zero attached hydrogens (tertiary/aromatic N) is 1. The highest BCUT2D eigenvalue weighted by molar-refractivity contribution is 8.18. The van der Waals surface area contributed by atoms with Crippen molar-refractivity contribution in [1.29, 1.82) is 0 Å². The number of benzene rings is 2. The minimum absolute atomic E-state index is 0.185. The molecule has 7 heteroatoms. The molecule has 3 rings (SSSR count). The maximum absolute atomic E-state index is 12.2. The smallest absolute Gasteiger partial charge is 0.264 e. The largest absolute Gasteiger partial charge is 0.494 e. The number of amidine groups is 1. The van der Waals surface area contributed by atoms with Crippen molar-refractivity contribution in [2.24, 2.45) is 4.99 Å². The van der Waals surface area contributed by atoms with Gasteiger partial charge in [0.1, 0.15) is 11.5 Å². The lowest BCUT2D eigenvalue weighted by Gasteiger charge is -2.05. The van der Waals surface area contributed by atoms with Crippen molar-refractivity contribution >= 4 is 46.2 Å². The van der Waals surface area contributed by atoms with Gasteiger partial charge in [-0.05, 0) is 73.6 Å². The molecule has 1 amide bonds. The van der Waals surface area contributed by atoms with E-state index in [1.165, 1.54) is 11.8 Å². The van der Waals surface area contributed by atoms with Crippen molar-refractivity contribution in [3.63, 3.8) is 0 Å². The van der Waals surface area contributed by atoms with Crippen LogP contribution in [0.15, 0.2) is 52.4 Å². The van der Waals surface area contributed by atoms with E-state index in [0.29, 0.717) is 34.1 Å². The van der Waals surface area contributed by atoms with Gasteiger partial charge in [0.2, 0.25) is 0 Å². The highest BCUT2D eigenvalue weighted by Crippen LogP contribution is 2.31. The van der Waals surface area contributed by atoms with Crippen LogP contribution in [0.25, 0.3) is 6.08 Å². The first-order valence-corrected chi connectivity index (χ1v) is 9.73. The SMILES string of the molecule is CCOc1ccc(N=C2NC(=O)/C(=C/c3ccc(OCC)c(Cl)c3)S2)cc1. The Morgan fingerprint density at radius 3 is 2.52 bits per heavy atom. The Balaban J connectivity index is 1.74. The Morgan fingerprint density at radius 2 is 1.85 bits per heavy atom. The summed E-state index contributed by atoms with van der Waals surface area (Å²) in [5.74, 6) is 1.23. The summed E-state index contributed by atoms with van der Waals surface area (Å²) in [5.41, 5.74) is 1.56. The van der Waals surface area contributed by atoms with Crippen LogP contribution >= 0.6 is 23.4 Å². The molecule has 1 saturated heterocycles. The highest BCUT2D eigenvalue weighted by Gasteiger charge is 2.23. The fourth-order valence-corrected chi connectivity index (χ4v) is 3.50. The van der Waals surface area contributed by atoms with Gasteiger partial charge in [-0.3, -0.25) is 4.79 Å². The first-order chi connectivity index (χ1) is 13.1. The zero-order chi connectivity index (χ0) is 19.2. The quantitative estimate of drug-likeness (QED) is 0.688. The molecule has 0 unspecified atom stereocenters. The molecule has 1 aliphatic heterocycles. The van der Waals surface area contributed by atoms with E-state index in [1.807, 2.05) is 44.2 Å². The average Bonchev–Trinajstić information content (AvgIpc) is 2.98. The Labute approximate surface area is 167 Å². The van der Waals surface area contributed by atoms with Crippen LogP contribution in [-0.2, 0) is 4.79 Å². The van der Waals surface area contributed by atoms with Gasteiger partial charge in [0, 0.05) is 0 Å². The van der Waals surface area contributed by atoms with Gasteiger partial charge in [-0.1, -0.05) is 17.7 Å². The Kier molecular flexibility index (Phi) is 6.42. The third kappa shape index (κ3) is 5.05. The first-order valence-electron chi connectivity index (χ1n) is 8.54. The van der Waals surface area contributed by atoms with Crippen LogP contribution in [0.3, 0.4) is 0 Å². The van der Waals surface area contributed by atoms with Gasteiger partial charge >= 0.3 is 0 Å². The monoisotopic (exact) mass is 402 g/mol. The molecule has 0 spiro atoms. The maximum Gasteiger partial charge on any atom is 0.264 e. The van der Waals surface area contributed by atoms with Gasteiger partial charge in [0.05, 0.1) is 28.8 Å². The molecule has 1 aliphatic rings. The predicted octanol–water partition coefficient (Wildman–Crippen LogP) is 5.03. The predicted molar refractivity (Wildman–Crippen MR) is 111 cm³/mol. The molecular weight excluding hydrogens is 384 g/mol. The zero-order valence-corrected chi connectivity index (χ0v) is 16.6. The number of nitrogens with one attached hydrogen (secondary N) is 1. The third-order valence-corrected chi connectivity index (χ3v) is 4.79. The average molecular weight is 403 g/mol. The summed E-state index contributed by atoms with van der Waals surface area (Å²) in [5, 5.41) is 3.82. The van der Waals surface area contributed by atoms with Gasteiger partial charge in [-0.25, -0.2) is 4.99 Å². The van der Waals surface area contributed by atoms with E-state index >= 15 is 0 Å². The summed E-state index contributed by atoms with van der Waals surface area (Å²) in [7, 11) is 0. The highest BCUT2D eigenvalue weighted by atomic mass is 35.5. The van der Waals surface area contributed by atoms with E-state index in [9.17, 15) is 4.79 Å². The van der Waals surface area contributed by atoms with Crippen molar-refractivity contribution in [2.45, 2.75) is 13.8 Å². The zero-order valence-electron chi connectivity index (χ0n) is 15.0. The van der Waals surface area contributed by atoms with Crippen LogP contribution in [0.5, 0.6) is 11.5 Å². The molecule has 2 aromatic rings. The van der Waals surface area contributed by atoms with Crippen molar-refractivity contribution in [3.8, 4) is 11.5 Å². The summed E-state index contributed by atoms with van der Waals surface area (Å²) in [6.45, 7) is 4.99. The van der Waals surface area contributed by atoms with E-state index in [-0.39, 0.29) is 5.91 Å². The van der Waals surface area contributed by atoms with Crippen LogP contribution in [0.1, 0.15) is 19.4 Å². The summed E-state index contributed by atoms with van der Waals surface area (Å²) < 4.78 is 10.8. The van der Waals surface area contributed by atoms with Gasteiger partial charge in [0.25, 0.3) is 5.91 Å². The number of carbonyl (C=O) groups is 1. The second-order valence-corrected chi connectivity index (χ2v) is 6.97. The molecule has 5 nitrogen and oxygen atoms in total. The number of amides is 1. The normalized spacial score (nSPS) is 16.6. The van der Waals surface area contributed by atoms with Gasteiger partial charge < -0.3 is 14.8 Å². The lowest BCUT2D eigenvalue weighted by Crippen LogP contribution is -2.19. The molecule has 1 heterocycles. The van der Waals surface area contributed by atoms with Gasteiger partial charge in [0.15, 0.2) is 5.17 Å². The number of hydrogen-bond acceptors (Lipinski definition) is 5. The summed E-state index contributed by atoms with van der Waals surface area (Å²) in [4.78, 5) is 17.2. The topological polar surface area (TPSA) is 59.9 Å². The van der Waals surface area contributed by atoms with Crippen LogP contribution in [-0.4, -0.2) is 24.3 Å². The molecule has 0 bridgehead atoms. The van der Waals surface area contributed by atoms with E-state index in [0.717, 1.165) is 17.0 Å². The molecule has 0 saturated carbocycles. The maximum atomic E-state index is 12.2. The lowest BCUT2D eigenvalue weighted by molar-refractivity contribution is -0.115. The van der Waals surface area contributed by atoms with Crippen LogP contribution < -0.4 is 14.8 Å². The molecule has 1 N–H and O–H groups in total. The number of aliphatic imine (C=N–C) groups is 1. The molecule has 0 aromatic heterocycles. The molecular formula is C20H19ClN2O3S. The number of halogens is 1. The molecule has 27 heavy (non-hydrogen) atoms. The first kappa shape index (κ1) is 19.3. The summed E-state index contributed by atoms with van der Waals surface area (Å²) in [6, 6.07) is 12.8. The number of thioether (sulfide) groups is 1. The van der Waals surface area contributed by atoms with Crippen molar-refractivity contribution < 1.29 is 14.3 Å². The van der Waals surface area contributed by atoms with Gasteiger partial charge in [-0.2, -0.15) is 0 Å². The fourth-order valence-electron chi connectivity index (χ4n) is 2.41. The number of rotatable bonds is 6. The minimum atomic E-state index is -0.185. The summed E-state index contributed by atoms with van der Waals surface area (Å²) >= 11 is 7.49. The van der Waals surface area contributed by atoms with Gasteiger partial charge in [-0.15, -0.1) is 0 Å². The van der Waals surface area contributed by atoms with E-state index in [4.69, 9.17) is 21.1 Å². The van der Waals surface area contributed by atoms with Crippen molar-refractivity contribution in [2.75, 3.05) is 13.2 Å². The van der Waals surface area contributed by atoms with Crippen LogP contribution in [0.4, 0.5) is 5.69 Å². The Bertz CT molecular complexity index is 895. The minimum Gasteiger partial charge on any atom is -0.494 e. The molecule has 0 aliphatic carbocycles. The lowest BCUT2D eigenvalue weighted by atomic mass is 10.2. The van der Waals surface area contributed by atoms with Crippen LogP contribution in [0, 0.1) is 0 Å². The standard InChI is InChI=1S/C20H19ClN2O3S/c1-3-25-15-8-6-14(7-9-15)22-20-23-19(24)18(27-20)12-13-5-10-17(26-4-2)16(21)11-13/h5-12H,3-4H2,1-2H3,(H,22,23,24)/b18-12-. The second kappa shape index (κ2) is 8.97. The number of hydrogen-bond donors (Lipinski definition) is 1. The molecule has 0 radical (unpaired) electrons. The van der Waals surface area contributed by atoms with E-state index < -0.39 is 0 Å². The molecule has 1 fully saturated rings. The third-order valence-electron chi connectivity index (χ3n) is 3.58. The summed E-state index contributed by atoms with van der Waals surface area (Å²) in [6.07, 6.45) is 1.78. The second-order valence-electron chi connectivity index (χ2n) is 5.53. The van der Waals surface area contributed by atoms with Crippen molar-refractivity contribution in [1.82, 2.24) is 5.32 Å². The van der Waals surface area contributed by atoms with Crippen LogP contribution in [0.2, 0.25) is 5.02 Å². The Hall–Kier alpha value is -2.44.